The van der Waals surface area contributed by atoms with Crippen LogP contribution in [0.25, 0.3) is 0 Å². The number of carbonyl (C=O) groups excluding carboxylic acids is 1. The van der Waals surface area contributed by atoms with Crippen LogP contribution in [-0.4, -0.2) is 28.4 Å². The zero-order valence-corrected chi connectivity index (χ0v) is 11.7. The van der Waals surface area contributed by atoms with Crippen LogP contribution in [0.5, 0.6) is 0 Å². The number of nitrogen functional groups attached to an aromatic ring is 1. The predicted octanol–water partition coefficient (Wildman–Crippen LogP) is 2.05. The number of non-ortho nitro benzene ring substituents is 1. The third kappa shape index (κ3) is 4.44. The zero-order valence-electron chi connectivity index (χ0n) is 10.9. The first-order valence-electron chi connectivity index (χ1n) is 5.88. The van der Waals surface area contributed by atoms with Crippen molar-refractivity contribution in [1.82, 2.24) is 5.32 Å². The number of anilines is 1. The molecular formula is C12H17N3O3S. The molecule has 19 heavy (non-hydrogen) atoms. The highest BCUT2D eigenvalue weighted by Gasteiger charge is 2.16. The van der Waals surface area contributed by atoms with Crippen molar-refractivity contribution >= 4 is 29.0 Å². The average molecular weight is 283 g/mol. The van der Waals surface area contributed by atoms with E-state index in [9.17, 15) is 14.9 Å². The number of thioether (sulfide) groups is 1. The normalized spacial score (nSPS) is 11.9. The van der Waals surface area contributed by atoms with Gasteiger partial charge >= 0.3 is 0 Å². The molecule has 0 spiro atoms. The van der Waals surface area contributed by atoms with Gasteiger partial charge in [0.2, 0.25) is 0 Å². The minimum absolute atomic E-state index is 0.0175. The minimum atomic E-state index is -0.549. The molecule has 1 aromatic rings. The van der Waals surface area contributed by atoms with Gasteiger partial charge in [0.25, 0.3) is 11.6 Å². The third-order valence-corrected chi connectivity index (χ3v) is 3.59. The van der Waals surface area contributed by atoms with Gasteiger partial charge in [-0.25, -0.2) is 0 Å². The molecule has 0 heterocycles. The topological polar surface area (TPSA) is 98.3 Å². The molecule has 7 heteroatoms. The van der Waals surface area contributed by atoms with Gasteiger partial charge in [-0.1, -0.05) is 6.92 Å². The number of nitro benzene ring substituents is 1. The fraction of sp³-hybridized carbons (Fsp3) is 0.417. The van der Waals surface area contributed by atoms with Crippen molar-refractivity contribution < 1.29 is 9.72 Å². The molecule has 1 aromatic carbocycles. The number of nitro groups is 1. The molecule has 1 unspecified atom stereocenters. The highest BCUT2D eigenvalue weighted by Crippen LogP contribution is 2.19. The first-order valence-corrected chi connectivity index (χ1v) is 7.03. The summed E-state index contributed by atoms with van der Waals surface area (Å²) < 4.78 is 0. The highest BCUT2D eigenvalue weighted by atomic mass is 32.2. The molecule has 1 rings (SSSR count). The number of hydrogen-bond donors (Lipinski definition) is 2. The number of nitrogens with zero attached hydrogens (tertiary/aromatic N) is 1. The van der Waals surface area contributed by atoms with Crippen LogP contribution in [0.1, 0.15) is 24.2 Å². The van der Waals surface area contributed by atoms with Crippen LogP contribution in [0.15, 0.2) is 18.2 Å². The number of benzene rings is 1. The molecule has 0 radical (unpaired) electrons. The molecular weight excluding hydrogens is 266 g/mol. The molecule has 104 valence electrons. The first kappa shape index (κ1) is 15.3. The summed E-state index contributed by atoms with van der Waals surface area (Å²) in [5.74, 6) is 1.38. The van der Waals surface area contributed by atoms with E-state index >= 15 is 0 Å². The Labute approximate surface area is 115 Å². The Kier molecular flexibility index (Phi) is 5.62. The summed E-state index contributed by atoms with van der Waals surface area (Å²) in [7, 11) is 0. The van der Waals surface area contributed by atoms with E-state index in [1.54, 1.807) is 11.8 Å². The van der Waals surface area contributed by atoms with Crippen LogP contribution >= 0.6 is 11.8 Å². The molecule has 0 aliphatic carbocycles. The molecule has 1 amide bonds. The summed E-state index contributed by atoms with van der Waals surface area (Å²) in [6.45, 7) is 3.92. The van der Waals surface area contributed by atoms with Crippen molar-refractivity contribution in [2.75, 3.05) is 17.2 Å². The van der Waals surface area contributed by atoms with Crippen LogP contribution in [0, 0.1) is 10.1 Å². The van der Waals surface area contributed by atoms with E-state index in [4.69, 9.17) is 5.73 Å². The van der Waals surface area contributed by atoms with E-state index < -0.39 is 4.92 Å². The van der Waals surface area contributed by atoms with Gasteiger partial charge in [0.05, 0.1) is 10.5 Å². The second-order valence-electron chi connectivity index (χ2n) is 4.06. The summed E-state index contributed by atoms with van der Waals surface area (Å²) >= 11 is 1.71. The lowest BCUT2D eigenvalue weighted by atomic mass is 10.1. The standard InChI is InChI=1S/C12H17N3O3S/c1-3-19-7-8(2)14-12(16)10-6-9(15(17)18)4-5-11(10)13/h4-6,8H,3,7,13H2,1-2H3,(H,14,16). The third-order valence-electron chi connectivity index (χ3n) is 2.44. The van der Waals surface area contributed by atoms with E-state index in [2.05, 4.69) is 5.32 Å². The monoisotopic (exact) mass is 283 g/mol. The molecule has 0 fully saturated rings. The molecule has 0 aliphatic rings. The van der Waals surface area contributed by atoms with Crippen LogP contribution in [0.3, 0.4) is 0 Å². The van der Waals surface area contributed by atoms with E-state index in [1.165, 1.54) is 18.2 Å². The van der Waals surface area contributed by atoms with Gasteiger partial charge in [0.15, 0.2) is 0 Å². The summed E-state index contributed by atoms with van der Waals surface area (Å²) in [6, 6.07) is 3.84. The maximum absolute atomic E-state index is 12.0. The predicted molar refractivity (Wildman–Crippen MR) is 77.4 cm³/mol. The first-order chi connectivity index (χ1) is 8.95. The number of nitrogens with two attached hydrogens (primary N) is 1. The number of hydrogen-bond acceptors (Lipinski definition) is 5. The second-order valence-corrected chi connectivity index (χ2v) is 5.38. The molecule has 0 saturated heterocycles. The van der Waals surface area contributed by atoms with Crippen LogP contribution in [0.4, 0.5) is 11.4 Å². The lowest BCUT2D eigenvalue weighted by molar-refractivity contribution is -0.384. The lowest BCUT2D eigenvalue weighted by Crippen LogP contribution is -2.34. The number of rotatable bonds is 6. The number of amides is 1. The second kappa shape index (κ2) is 6.98. The van der Waals surface area contributed by atoms with Crippen molar-refractivity contribution in [3.63, 3.8) is 0 Å². The molecule has 0 saturated carbocycles. The highest BCUT2D eigenvalue weighted by molar-refractivity contribution is 7.99. The van der Waals surface area contributed by atoms with Gasteiger partial charge in [-0.05, 0) is 18.7 Å². The van der Waals surface area contributed by atoms with Crippen LogP contribution in [-0.2, 0) is 0 Å². The Balaban J connectivity index is 2.81. The Bertz CT molecular complexity index is 479. The van der Waals surface area contributed by atoms with E-state index in [0.717, 1.165) is 11.5 Å². The van der Waals surface area contributed by atoms with Gasteiger partial charge in [-0.2, -0.15) is 11.8 Å². The smallest absolute Gasteiger partial charge is 0.270 e. The quantitative estimate of drug-likeness (QED) is 0.473. The Hall–Kier alpha value is -1.76. The summed E-state index contributed by atoms with van der Waals surface area (Å²) in [5, 5.41) is 13.5. The largest absolute Gasteiger partial charge is 0.398 e. The summed E-state index contributed by atoms with van der Waals surface area (Å²) in [5.41, 5.74) is 5.91. The zero-order chi connectivity index (χ0) is 14.4. The maximum Gasteiger partial charge on any atom is 0.270 e. The number of nitrogens with one attached hydrogen (secondary N) is 1. The fourth-order valence-corrected chi connectivity index (χ4v) is 2.16. The van der Waals surface area contributed by atoms with E-state index in [1.807, 2.05) is 13.8 Å². The van der Waals surface area contributed by atoms with Gasteiger partial charge in [0, 0.05) is 29.6 Å². The van der Waals surface area contributed by atoms with Gasteiger partial charge in [-0.3, -0.25) is 14.9 Å². The molecule has 6 nitrogen and oxygen atoms in total. The molecule has 3 N–H and O–H groups in total. The Morgan fingerprint density at radius 2 is 2.26 bits per heavy atom. The average Bonchev–Trinajstić information content (AvgIpc) is 2.36. The van der Waals surface area contributed by atoms with Crippen LogP contribution in [0.2, 0.25) is 0 Å². The van der Waals surface area contributed by atoms with Gasteiger partial charge < -0.3 is 11.1 Å². The lowest BCUT2D eigenvalue weighted by Gasteiger charge is -2.14. The van der Waals surface area contributed by atoms with Crippen molar-refractivity contribution in [2.24, 2.45) is 0 Å². The van der Waals surface area contributed by atoms with E-state index in [0.29, 0.717) is 0 Å². The van der Waals surface area contributed by atoms with Crippen molar-refractivity contribution in [3.8, 4) is 0 Å². The van der Waals surface area contributed by atoms with Crippen molar-refractivity contribution in [1.29, 1.82) is 0 Å². The fourth-order valence-electron chi connectivity index (χ4n) is 1.49. The summed E-state index contributed by atoms with van der Waals surface area (Å²) in [4.78, 5) is 22.1. The van der Waals surface area contributed by atoms with E-state index in [-0.39, 0.29) is 28.9 Å². The molecule has 1 atom stereocenters. The van der Waals surface area contributed by atoms with Crippen molar-refractivity contribution in [2.45, 2.75) is 19.9 Å². The molecule has 0 aliphatic heterocycles. The number of carbonyl (C=O) groups is 1. The molecule has 0 aromatic heterocycles. The minimum Gasteiger partial charge on any atom is -0.398 e. The Morgan fingerprint density at radius 1 is 1.58 bits per heavy atom. The summed E-state index contributed by atoms with van der Waals surface area (Å²) in [6.07, 6.45) is 0. The van der Waals surface area contributed by atoms with Gasteiger partial charge in [0.1, 0.15) is 0 Å². The maximum atomic E-state index is 12.0. The van der Waals surface area contributed by atoms with Crippen LogP contribution < -0.4 is 11.1 Å². The molecule has 0 bridgehead atoms. The van der Waals surface area contributed by atoms with Crippen molar-refractivity contribution in [3.05, 3.63) is 33.9 Å². The van der Waals surface area contributed by atoms with Gasteiger partial charge in [-0.15, -0.1) is 0 Å². The Morgan fingerprint density at radius 3 is 2.84 bits per heavy atom. The SMILES string of the molecule is CCSCC(C)NC(=O)c1cc([N+](=O)[O-])ccc1N.